The summed E-state index contributed by atoms with van der Waals surface area (Å²) in [5, 5.41) is 3.75. The van der Waals surface area contributed by atoms with Gasteiger partial charge < -0.3 is 5.32 Å². The van der Waals surface area contributed by atoms with Crippen molar-refractivity contribution in [3.05, 3.63) is 12.2 Å². The van der Waals surface area contributed by atoms with Gasteiger partial charge in [0, 0.05) is 6.04 Å². The summed E-state index contributed by atoms with van der Waals surface area (Å²) in [5.41, 5.74) is 1.38. The maximum Gasteiger partial charge on any atom is 0.00683 e. The molecule has 0 aromatic rings. The summed E-state index contributed by atoms with van der Waals surface area (Å²) in [6.07, 6.45) is 11.3. The summed E-state index contributed by atoms with van der Waals surface area (Å²) >= 11 is 0. The minimum Gasteiger partial charge on any atom is -0.314 e. The molecule has 0 aromatic heterocycles. The molecular weight excluding hydrogens is 218 g/mol. The maximum absolute atomic E-state index is 4.14. The van der Waals surface area contributed by atoms with Crippen LogP contribution in [0, 0.1) is 17.8 Å². The second-order valence-electron chi connectivity index (χ2n) is 6.83. The molecular formula is C17H31N. The highest BCUT2D eigenvalue weighted by Crippen LogP contribution is 2.39. The zero-order valence-electron chi connectivity index (χ0n) is 12.4. The van der Waals surface area contributed by atoms with E-state index in [2.05, 4.69) is 25.7 Å². The molecule has 1 nitrogen and oxygen atoms in total. The predicted octanol–water partition coefficient (Wildman–Crippen LogP) is 4.54. The van der Waals surface area contributed by atoms with Crippen LogP contribution in [0.15, 0.2) is 12.2 Å². The van der Waals surface area contributed by atoms with Crippen molar-refractivity contribution < 1.29 is 0 Å². The zero-order valence-corrected chi connectivity index (χ0v) is 12.4. The van der Waals surface area contributed by atoms with Gasteiger partial charge in [0.1, 0.15) is 0 Å². The first-order valence-corrected chi connectivity index (χ1v) is 8.06. The van der Waals surface area contributed by atoms with Gasteiger partial charge in [-0.3, -0.25) is 0 Å². The number of allylic oxidation sites excluding steroid dienone is 1. The lowest BCUT2D eigenvalue weighted by Gasteiger charge is -2.37. The van der Waals surface area contributed by atoms with Gasteiger partial charge in [0.2, 0.25) is 0 Å². The first kappa shape index (κ1) is 14.1. The SMILES string of the molecule is C=C(C)CC1CC(CCC)CCC1CNC1CC1. The Labute approximate surface area is 113 Å². The molecule has 0 aromatic carbocycles. The van der Waals surface area contributed by atoms with E-state index in [9.17, 15) is 0 Å². The minimum absolute atomic E-state index is 0.865. The predicted molar refractivity (Wildman–Crippen MR) is 79.7 cm³/mol. The highest BCUT2D eigenvalue weighted by molar-refractivity contribution is 4.95. The molecule has 18 heavy (non-hydrogen) atoms. The standard InChI is InChI=1S/C17H31N/c1-4-5-14-6-7-15(12-18-17-8-9-17)16(11-14)10-13(2)3/h14-18H,2,4-12H2,1,3H3. The van der Waals surface area contributed by atoms with Crippen LogP contribution in [0.4, 0.5) is 0 Å². The van der Waals surface area contributed by atoms with Gasteiger partial charge in [-0.05, 0) is 63.3 Å². The van der Waals surface area contributed by atoms with Gasteiger partial charge in [-0.1, -0.05) is 31.8 Å². The number of nitrogens with one attached hydrogen (secondary N) is 1. The summed E-state index contributed by atoms with van der Waals surface area (Å²) in [7, 11) is 0. The highest BCUT2D eigenvalue weighted by Gasteiger charge is 2.31. The lowest BCUT2D eigenvalue weighted by Crippen LogP contribution is -2.34. The Morgan fingerprint density at radius 2 is 1.94 bits per heavy atom. The summed E-state index contributed by atoms with van der Waals surface area (Å²) in [6.45, 7) is 9.94. The monoisotopic (exact) mass is 249 g/mol. The Balaban J connectivity index is 1.83. The molecule has 1 N–H and O–H groups in total. The molecule has 0 spiro atoms. The molecule has 0 amide bonds. The van der Waals surface area contributed by atoms with Crippen molar-refractivity contribution in [2.45, 2.75) is 71.3 Å². The average molecular weight is 249 g/mol. The Bertz CT molecular complexity index is 267. The Hall–Kier alpha value is -0.300. The second kappa shape index (κ2) is 6.75. The summed E-state index contributed by atoms with van der Waals surface area (Å²) in [6, 6.07) is 0.865. The van der Waals surface area contributed by atoms with E-state index >= 15 is 0 Å². The first-order valence-electron chi connectivity index (χ1n) is 8.06. The Morgan fingerprint density at radius 1 is 1.17 bits per heavy atom. The summed E-state index contributed by atoms with van der Waals surface area (Å²) in [5.74, 6) is 2.81. The fourth-order valence-electron chi connectivity index (χ4n) is 3.67. The number of hydrogen-bond donors (Lipinski definition) is 1. The molecule has 104 valence electrons. The van der Waals surface area contributed by atoms with E-state index in [4.69, 9.17) is 0 Å². The van der Waals surface area contributed by atoms with Gasteiger partial charge in [0.15, 0.2) is 0 Å². The minimum atomic E-state index is 0.865. The van der Waals surface area contributed by atoms with Crippen LogP contribution in [0.3, 0.4) is 0 Å². The Kier molecular flexibility index (Phi) is 5.29. The van der Waals surface area contributed by atoms with Crippen molar-refractivity contribution >= 4 is 0 Å². The van der Waals surface area contributed by atoms with Gasteiger partial charge in [-0.2, -0.15) is 0 Å². The molecule has 2 aliphatic rings. The zero-order chi connectivity index (χ0) is 13.0. The molecule has 2 aliphatic carbocycles. The molecule has 2 saturated carbocycles. The smallest absolute Gasteiger partial charge is 0.00683 e. The lowest BCUT2D eigenvalue weighted by molar-refractivity contribution is 0.167. The molecule has 1 heteroatoms. The number of hydrogen-bond acceptors (Lipinski definition) is 1. The lowest BCUT2D eigenvalue weighted by atomic mass is 9.70. The quantitative estimate of drug-likeness (QED) is 0.653. The van der Waals surface area contributed by atoms with Gasteiger partial charge in [-0.25, -0.2) is 0 Å². The van der Waals surface area contributed by atoms with Crippen molar-refractivity contribution in [2.75, 3.05) is 6.54 Å². The van der Waals surface area contributed by atoms with Crippen molar-refractivity contribution in [3.63, 3.8) is 0 Å². The molecule has 0 bridgehead atoms. The van der Waals surface area contributed by atoms with Gasteiger partial charge in [0.05, 0.1) is 0 Å². The molecule has 0 saturated heterocycles. The van der Waals surface area contributed by atoms with E-state index in [1.165, 1.54) is 63.5 Å². The van der Waals surface area contributed by atoms with Crippen LogP contribution >= 0.6 is 0 Å². The average Bonchev–Trinajstić information content (AvgIpc) is 3.11. The number of rotatable bonds is 7. The van der Waals surface area contributed by atoms with E-state index in [1.54, 1.807) is 0 Å². The summed E-state index contributed by atoms with van der Waals surface area (Å²) < 4.78 is 0. The molecule has 0 heterocycles. The van der Waals surface area contributed by atoms with Crippen LogP contribution in [0.5, 0.6) is 0 Å². The van der Waals surface area contributed by atoms with E-state index in [0.717, 1.165) is 23.8 Å². The van der Waals surface area contributed by atoms with E-state index in [0.29, 0.717) is 0 Å². The van der Waals surface area contributed by atoms with Crippen LogP contribution in [0.1, 0.15) is 65.2 Å². The second-order valence-corrected chi connectivity index (χ2v) is 6.83. The van der Waals surface area contributed by atoms with E-state index in [1.807, 2.05) is 0 Å². The molecule has 2 fully saturated rings. The topological polar surface area (TPSA) is 12.0 Å². The van der Waals surface area contributed by atoms with E-state index < -0.39 is 0 Å². The largest absolute Gasteiger partial charge is 0.314 e. The van der Waals surface area contributed by atoms with Crippen molar-refractivity contribution in [2.24, 2.45) is 17.8 Å². The summed E-state index contributed by atoms with van der Waals surface area (Å²) in [4.78, 5) is 0. The third-order valence-corrected chi connectivity index (χ3v) is 4.80. The molecule has 2 rings (SSSR count). The Morgan fingerprint density at radius 3 is 2.56 bits per heavy atom. The van der Waals surface area contributed by atoms with E-state index in [-0.39, 0.29) is 0 Å². The molecule has 3 atom stereocenters. The molecule has 0 aliphatic heterocycles. The first-order chi connectivity index (χ1) is 8.69. The normalized spacial score (nSPS) is 32.4. The van der Waals surface area contributed by atoms with Gasteiger partial charge >= 0.3 is 0 Å². The third-order valence-electron chi connectivity index (χ3n) is 4.80. The highest BCUT2D eigenvalue weighted by atomic mass is 14.9. The van der Waals surface area contributed by atoms with Crippen LogP contribution in [-0.4, -0.2) is 12.6 Å². The molecule has 3 unspecified atom stereocenters. The van der Waals surface area contributed by atoms with Crippen LogP contribution in [0.2, 0.25) is 0 Å². The van der Waals surface area contributed by atoms with Crippen LogP contribution in [0.25, 0.3) is 0 Å². The molecule has 0 radical (unpaired) electrons. The van der Waals surface area contributed by atoms with Crippen molar-refractivity contribution in [1.82, 2.24) is 5.32 Å². The fourth-order valence-corrected chi connectivity index (χ4v) is 3.67. The van der Waals surface area contributed by atoms with Gasteiger partial charge in [-0.15, -0.1) is 6.58 Å². The van der Waals surface area contributed by atoms with Gasteiger partial charge in [0.25, 0.3) is 0 Å². The van der Waals surface area contributed by atoms with Crippen LogP contribution < -0.4 is 5.32 Å². The van der Waals surface area contributed by atoms with Crippen LogP contribution in [-0.2, 0) is 0 Å². The third kappa shape index (κ3) is 4.42. The maximum atomic E-state index is 4.14. The fraction of sp³-hybridized carbons (Fsp3) is 0.882. The van der Waals surface area contributed by atoms with Crippen molar-refractivity contribution in [3.8, 4) is 0 Å². The van der Waals surface area contributed by atoms with Crippen molar-refractivity contribution in [1.29, 1.82) is 0 Å².